The summed E-state index contributed by atoms with van der Waals surface area (Å²) in [5.41, 5.74) is -0.343. The number of nitrogens with zero attached hydrogens (tertiary/aromatic N) is 4. The zero-order valence-electron chi connectivity index (χ0n) is 21.0. The molecule has 206 valence electrons. The first-order valence-electron chi connectivity index (χ1n) is 11.4. The Morgan fingerprint density at radius 2 is 2.00 bits per heavy atom. The van der Waals surface area contributed by atoms with Crippen molar-refractivity contribution in [3.8, 4) is 17.2 Å². The smallest absolute Gasteiger partial charge is 0.295 e. The van der Waals surface area contributed by atoms with Crippen LogP contribution >= 0.6 is 15.9 Å². The number of carbonyl (C=O) groups excluding carboxylic acids is 2. The van der Waals surface area contributed by atoms with E-state index in [4.69, 9.17) is 13.9 Å². The Labute approximate surface area is 231 Å². The second-order valence-corrected chi connectivity index (χ2v) is 11.8. The monoisotopic (exact) mass is 663 g/mol. The van der Waals surface area contributed by atoms with Gasteiger partial charge in [0, 0.05) is 0 Å². The van der Waals surface area contributed by atoms with Crippen LogP contribution in [0.3, 0.4) is 0 Å². The number of alkyl carbamates (subject to hydrolysis) is 1. The van der Waals surface area contributed by atoms with Crippen molar-refractivity contribution >= 4 is 48.7 Å². The summed E-state index contributed by atoms with van der Waals surface area (Å²) in [4.78, 5) is 37.2. The molecule has 3 N–H and O–H groups in total. The Hall–Kier alpha value is -3.23. The maximum absolute atomic E-state index is 13.7. The molecule has 2 amide bonds. The zero-order chi connectivity index (χ0) is 27.9. The van der Waals surface area contributed by atoms with Crippen molar-refractivity contribution in [1.82, 2.24) is 30.7 Å². The number of hydrogen-bond donors (Lipinski definition) is 3. The predicted octanol–water partition coefficient (Wildman–Crippen LogP) is 2.76. The van der Waals surface area contributed by atoms with E-state index in [0.717, 1.165) is 9.89 Å². The summed E-state index contributed by atoms with van der Waals surface area (Å²) in [6, 6.07) is 3.20. The van der Waals surface area contributed by atoms with Gasteiger partial charge in [0.25, 0.3) is 0 Å². The molecule has 0 bridgehead atoms. The van der Waals surface area contributed by atoms with E-state index in [-0.39, 0.29) is 46.5 Å². The summed E-state index contributed by atoms with van der Waals surface area (Å²) in [6.07, 6.45) is -0.181. The number of carbonyl (C=O) groups is 2. The first kappa shape index (κ1) is 29.3. The van der Waals surface area contributed by atoms with Crippen molar-refractivity contribution in [1.29, 1.82) is 0 Å². The van der Waals surface area contributed by atoms with Gasteiger partial charge >= 0.3 is 168 Å². The minimum Gasteiger partial charge on any atom is -0.295 e. The molecule has 38 heavy (non-hydrogen) atoms. The van der Waals surface area contributed by atoms with E-state index >= 15 is 0 Å². The van der Waals surface area contributed by atoms with Crippen molar-refractivity contribution in [3.63, 3.8) is 0 Å². The summed E-state index contributed by atoms with van der Waals surface area (Å²) in [7, 11) is 0. The molecule has 0 saturated heterocycles. The van der Waals surface area contributed by atoms with Gasteiger partial charge in [-0.15, -0.1) is 0 Å². The van der Waals surface area contributed by atoms with E-state index in [1.54, 1.807) is 20.8 Å². The van der Waals surface area contributed by atoms with E-state index in [1.807, 2.05) is 5.82 Å². The number of aromatic nitrogens is 4. The van der Waals surface area contributed by atoms with E-state index in [2.05, 4.69) is 47.4 Å². The molecule has 0 aliphatic rings. The van der Waals surface area contributed by atoms with Gasteiger partial charge in [0.1, 0.15) is 5.82 Å². The number of benzene rings is 1. The molecule has 2 heterocycles. The molecule has 0 aliphatic heterocycles. The minimum absolute atomic E-state index is 0.0237. The van der Waals surface area contributed by atoms with Crippen LogP contribution in [0.4, 0.5) is 15.0 Å². The van der Waals surface area contributed by atoms with Gasteiger partial charge < -0.3 is 0 Å². The van der Waals surface area contributed by atoms with Crippen molar-refractivity contribution in [3.05, 3.63) is 39.0 Å². The normalized spacial score (nSPS) is 12.2. The fraction of sp³-hybridized carbons (Fsp3) is 0.455. The molecule has 0 unspecified atom stereocenters. The summed E-state index contributed by atoms with van der Waals surface area (Å²) < 4.78 is 29.8. The third-order valence-electron chi connectivity index (χ3n) is 4.80. The number of ether oxygens (including phenoxy) is 1. The van der Waals surface area contributed by atoms with Crippen LogP contribution in [0.5, 0.6) is 0 Å². The average Bonchev–Trinajstić information content (AvgIpc) is 3.46. The van der Waals surface area contributed by atoms with Crippen LogP contribution in [-0.4, -0.2) is 71.7 Å². The molecular weight excluding hydrogens is 636 g/mol. The second-order valence-electron chi connectivity index (χ2n) is 8.87. The third kappa shape index (κ3) is 7.88. The Bertz CT molecular complexity index is 1320. The molecule has 16 heteroatoms. The van der Waals surface area contributed by atoms with Crippen molar-refractivity contribution in [2.24, 2.45) is 0 Å². The van der Waals surface area contributed by atoms with Crippen LogP contribution in [0.25, 0.3) is 17.2 Å². The van der Waals surface area contributed by atoms with Crippen molar-refractivity contribution in [2.45, 2.75) is 50.0 Å². The van der Waals surface area contributed by atoms with Crippen LogP contribution in [0.1, 0.15) is 27.2 Å². The van der Waals surface area contributed by atoms with Crippen molar-refractivity contribution < 1.29 is 27.9 Å². The summed E-state index contributed by atoms with van der Waals surface area (Å²) in [5, 5.41) is 20.5. The average molecular weight is 663 g/mol. The van der Waals surface area contributed by atoms with Gasteiger partial charge in [0.15, 0.2) is 0 Å². The molecule has 0 aliphatic carbocycles. The van der Waals surface area contributed by atoms with Crippen LogP contribution < -0.4 is 21.7 Å². The molecule has 0 fully saturated rings. The zero-order valence-corrected chi connectivity index (χ0v) is 24.3. The minimum atomic E-state index is -0.822. The number of amides is 2. The fourth-order valence-electron chi connectivity index (χ4n) is 3.15. The van der Waals surface area contributed by atoms with E-state index in [0.29, 0.717) is 21.4 Å². The van der Waals surface area contributed by atoms with Gasteiger partial charge in [-0.25, -0.2) is 9.18 Å². The molecule has 1 atom stereocenters. The Morgan fingerprint density at radius 1 is 1.24 bits per heavy atom. The van der Waals surface area contributed by atoms with Crippen LogP contribution in [0.15, 0.2) is 36.6 Å². The molecule has 3 aromatic rings. The number of rotatable bonds is 11. The predicted molar refractivity (Wildman–Crippen MR) is 139 cm³/mol. The summed E-state index contributed by atoms with van der Waals surface area (Å²) >= 11 is 3.41. The first-order valence-corrected chi connectivity index (χ1v) is 15.1. The second kappa shape index (κ2) is 13.0. The molecule has 0 saturated carbocycles. The maximum atomic E-state index is 13.7. The van der Waals surface area contributed by atoms with E-state index < -0.39 is 29.3 Å². The number of nitrogens with one attached hydrogen (secondary N) is 3. The van der Waals surface area contributed by atoms with Gasteiger partial charge in [-0.2, -0.15) is 0 Å². The van der Waals surface area contributed by atoms with Gasteiger partial charge in [-0.05, 0) is 34.1 Å². The van der Waals surface area contributed by atoms with Crippen LogP contribution in [0, 0.1) is 5.82 Å². The number of halogens is 2. The molecule has 3 rings (SSSR count). The SMILES string of the molecule is C[Se]CC[C@H](NC(=O)OC(C)(C)C)C(=O)NCCNc1nonc1-c1noc(=O)n1-c1ccc(F)c(Br)c1. The van der Waals surface area contributed by atoms with E-state index in [9.17, 15) is 18.8 Å². The molecule has 1 aromatic carbocycles. The number of hydrogen-bond acceptors (Lipinski definition) is 10. The third-order valence-corrected chi connectivity index (χ3v) is 6.76. The summed E-state index contributed by atoms with van der Waals surface area (Å²) in [5.74, 6) is 0.478. The molecule has 0 spiro atoms. The molecule has 2 aromatic heterocycles. The molecule has 0 radical (unpaired) electrons. The summed E-state index contributed by atoms with van der Waals surface area (Å²) in [6.45, 7) is 5.60. The van der Waals surface area contributed by atoms with Gasteiger partial charge in [-0.3, -0.25) is 4.52 Å². The number of anilines is 1. The standard InChI is InChI=1S/C22H27BrFN7O6Se/c1-22(2,3)35-20(33)27-15(7-10-38-4)19(32)26-9-8-25-17-16(28-37-29-17)18-30-36-21(34)31(18)12-5-6-14(24)13(23)11-12/h5-6,11,15H,7-10H2,1-4H3,(H,25,29)(H,26,32)(H,27,33)/t15-/m0/s1. The van der Waals surface area contributed by atoms with Crippen molar-refractivity contribution in [2.75, 3.05) is 18.4 Å². The molecule has 13 nitrogen and oxygen atoms in total. The van der Waals surface area contributed by atoms with Crippen LogP contribution in [0.2, 0.25) is 11.1 Å². The molecular formula is C22H27BrFN7O6Se. The fourth-order valence-corrected chi connectivity index (χ4v) is 4.50. The Morgan fingerprint density at radius 3 is 2.68 bits per heavy atom. The Balaban J connectivity index is 1.63. The van der Waals surface area contributed by atoms with E-state index in [1.165, 1.54) is 18.2 Å². The van der Waals surface area contributed by atoms with Gasteiger partial charge in [-0.1, -0.05) is 0 Å². The van der Waals surface area contributed by atoms with Crippen LogP contribution in [-0.2, 0) is 9.53 Å². The quantitative estimate of drug-likeness (QED) is 0.205. The first-order chi connectivity index (χ1) is 18.0. The Kier molecular flexibility index (Phi) is 10.1. The van der Waals surface area contributed by atoms with Gasteiger partial charge in [0.2, 0.25) is 0 Å². The topological polar surface area (TPSA) is 166 Å². The van der Waals surface area contributed by atoms with Gasteiger partial charge in [0.05, 0.1) is 10.2 Å².